The molecule has 1 aromatic heterocycles. The van der Waals surface area contributed by atoms with Crippen LogP contribution in [0.15, 0.2) is 30.5 Å². The van der Waals surface area contributed by atoms with Gasteiger partial charge in [0.25, 0.3) is 5.69 Å². The van der Waals surface area contributed by atoms with Crippen LogP contribution in [0.25, 0.3) is 10.9 Å². The SMILES string of the molecule is O=C(OCOc1ccc([N+](=O)[O-])c2cccnc12)N1CCCCC1. The van der Waals surface area contributed by atoms with E-state index in [0.29, 0.717) is 29.7 Å². The molecule has 2 aromatic rings. The molecule has 0 N–H and O–H groups in total. The number of piperidine rings is 1. The van der Waals surface area contributed by atoms with Gasteiger partial charge in [-0.2, -0.15) is 0 Å². The summed E-state index contributed by atoms with van der Waals surface area (Å²) in [6, 6.07) is 6.04. The highest BCUT2D eigenvalue weighted by Crippen LogP contribution is 2.31. The molecule has 1 amide bonds. The molecule has 0 saturated carbocycles. The van der Waals surface area contributed by atoms with Crippen molar-refractivity contribution in [1.29, 1.82) is 0 Å². The number of nitro benzene ring substituents is 1. The van der Waals surface area contributed by atoms with E-state index in [4.69, 9.17) is 9.47 Å². The number of hydrogen-bond donors (Lipinski definition) is 0. The van der Waals surface area contributed by atoms with Crippen LogP contribution in [0.3, 0.4) is 0 Å². The Labute approximate surface area is 138 Å². The molecule has 1 aliphatic rings. The van der Waals surface area contributed by atoms with E-state index in [1.54, 1.807) is 17.0 Å². The van der Waals surface area contributed by atoms with Crippen LogP contribution in [0.1, 0.15) is 19.3 Å². The summed E-state index contributed by atoms with van der Waals surface area (Å²) in [7, 11) is 0. The molecule has 0 radical (unpaired) electrons. The third kappa shape index (κ3) is 3.37. The fourth-order valence-corrected chi connectivity index (χ4v) is 2.72. The highest BCUT2D eigenvalue weighted by molar-refractivity contribution is 5.92. The number of nitrogens with zero attached hydrogens (tertiary/aromatic N) is 3. The quantitative estimate of drug-likeness (QED) is 0.485. The van der Waals surface area contributed by atoms with Crippen LogP contribution in [0.4, 0.5) is 10.5 Å². The molecule has 0 spiro atoms. The summed E-state index contributed by atoms with van der Waals surface area (Å²) in [5, 5.41) is 11.4. The Morgan fingerprint density at radius 2 is 2.04 bits per heavy atom. The van der Waals surface area contributed by atoms with Gasteiger partial charge in [-0.05, 0) is 37.5 Å². The molecular weight excluding hydrogens is 314 g/mol. The van der Waals surface area contributed by atoms with Gasteiger partial charge in [0.2, 0.25) is 6.79 Å². The predicted octanol–water partition coefficient (Wildman–Crippen LogP) is 3.10. The molecule has 0 unspecified atom stereocenters. The lowest BCUT2D eigenvalue weighted by molar-refractivity contribution is -0.383. The van der Waals surface area contributed by atoms with Crippen LogP contribution in [0.5, 0.6) is 5.75 Å². The van der Waals surface area contributed by atoms with Gasteiger partial charge >= 0.3 is 6.09 Å². The Morgan fingerprint density at radius 1 is 1.25 bits per heavy atom. The van der Waals surface area contributed by atoms with Crippen LogP contribution in [0, 0.1) is 10.1 Å². The summed E-state index contributed by atoms with van der Waals surface area (Å²) < 4.78 is 10.6. The van der Waals surface area contributed by atoms with Gasteiger partial charge in [0.05, 0.1) is 10.3 Å². The van der Waals surface area contributed by atoms with Crippen molar-refractivity contribution in [2.45, 2.75) is 19.3 Å². The standard InChI is InChI=1S/C16H17N3O5/c20-16(18-9-2-1-3-10-18)24-11-23-14-7-6-13(19(21)22)12-5-4-8-17-15(12)14/h4-8H,1-3,9-11H2. The average Bonchev–Trinajstić information content (AvgIpc) is 2.62. The topological polar surface area (TPSA) is 94.8 Å². The fourth-order valence-electron chi connectivity index (χ4n) is 2.72. The van der Waals surface area contributed by atoms with Crippen molar-refractivity contribution in [2.24, 2.45) is 0 Å². The van der Waals surface area contributed by atoms with E-state index in [9.17, 15) is 14.9 Å². The molecule has 0 aliphatic carbocycles. The number of ether oxygens (including phenoxy) is 2. The Balaban J connectivity index is 1.68. The summed E-state index contributed by atoms with van der Waals surface area (Å²) in [5.41, 5.74) is 0.316. The zero-order valence-corrected chi connectivity index (χ0v) is 13.0. The third-order valence-electron chi connectivity index (χ3n) is 3.92. The van der Waals surface area contributed by atoms with Gasteiger partial charge in [-0.25, -0.2) is 4.79 Å². The number of carbonyl (C=O) groups is 1. The second-order valence-electron chi connectivity index (χ2n) is 5.46. The van der Waals surface area contributed by atoms with Gasteiger partial charge < -0.3 is 14.4 Å². The van der Waals surface area contributed by atoms with Crippen molar-refractivity contribution < 1.29 is 19.2 Å². The molecule has 8 heteroatoms. The van der Waals surface area contributed by atoms with Crippen molar-refractivity contribution in [3.05, 3.63) is 40.6 Å². The molecule has 1 aliphatic heterocycles. The minimum absolute atomic E-state index is 0.0456. The third-order valence-corrected chi connectivity index (χ3v) is 3.92. The number of carbonyl (C=O) groups excluding carboxylic acids is 1. The first-order valence-corrected chi connectivity index (χ1v) is 7.73. The molecule has 2 heterocycles. The molecule has 3 rings (SSSR count). The molecule has 24 heavy (non-hydrogen) atoms. The molecule has 0 bridgehead atoms. The van der Waals surface area contributed by atoms with E-state index in [0.717, 1.165) is 19.3 Å². The highest BCUT2D eigenvalue weighted by atomic mass is 16.7. The van der Waals surface area contributed by atoms with E-state index in [2.05, 4.69) is 4.98 Å². The first-order chi connectivity index (χ1) is 11.7. The lowest BCUT2D eigenvalue weighted by Gasteiger charge is -2.25. The van der Waals surface area contributed by atoms with Crippen molar-refractivity contribution in [3.63, 3.8) is 0 Å². The normalized spacial score (nSPS) is 14.4. The zero-order chi connectivity index (χ0) is 16.9. The van der Waals surface area contributed by atoms with Gasteiger partial charge in [0.15, 0.2) is 0 Å². The van der Waals surface area contributed by atoms with Gasteiger partial charge in [0.1, 0.15) is 11.3 Å². The van der Waals surface area contributed by atoms with Gasteiger partial charge in [-0.1, -0.05) is 0 Å². The molecule has 126 valence electrons. The Hall–Kier alpha value is -2.90. The fraction of sp³-hybridized carbons (Fsp3) is 0.375. The Kier molecular flexibility index (Phi) is 4.74. The maximum absolute atomic E-state index is 11.9. The highest BCUT2D eigenvalue weighted by Gasteiger charge is 2.19. The van der Waals surface area contributed by atoms with Crippen LogP contribution in [-0.4, -0.2) is 40.8 Å². The smallest absolute Gasteiger partial charge is 0.412 e. The number of non-ortho nitro benzene ring substituents is 1. The number of nitro groups is 1. The summed E-state index contributed by atoms with van der Waals surface area (Å²) >= 11 is 0. The van der Waals surface area contributed by atoms with Crippen molar-refractivity contribution in [3.8, 4) is 5.75 Å². The molecule has 8 nitrogen and oxygen atoms in total. The number of fused-ring (bicyclic) bond motifs is 1. The minimum atomic E-state index is -0.468. The number of hydrogen-bond acceptors (Lipinski definition) is 6. The number of likely N-dealkylation sites (tertiary alicyclic amines) is 1. The van der Waals surface area contributed by atoms with E-state index >= 15 is 0 Å². The first kappa shape index (κ1) is 16.0. The maximum atomic E-state index is 11.9. The van der Waals surface area contributed by atoms with E-state index in [-0.39, 0.29) is 12.5 Å². The zero-order valence-electron chi connectivity index (χ0n) is 13.0. The van der Waals surface area contributed by atoms with E-state index in [1.165, 1.54) is 18.3 Å². The first-order valence-electron chi connectivity index (χ1n) is 7.73. The summed E-state index contributed by atoms with van der Waals surface area (Å²) in [5.74, 6) is 0.336. The van der Waals surface area contributed by atoms with Crippen molar-refractivity contribution >= 4 is 22.7 Å². The predicted molar refractivity (Wildman–Crippen MR) is 85.8 cm³/mol. The second-order valence-corrected chi connectivity index (χ2v) is 5.46. The minimum Gasteiger partial charge on any atom is -0.455 e. The summed E-state index contributed by atoms with van der Waals surface area (Å²) in [6.07, 6.45) is 4.20. The number of amides is 1. The largest absolute Gasteiger partial charge is 0.455 e. The van der Waals surface area contributed by atoms with Crippen molar-refractivity contribution in [2.75, 3.05) is 19.9 Å². The second kappa shape index (κ2) is 7.12. The van der Waals surface area contributed by atoms with Gasteiger partial charge in [0, 0.05) is 25.4 Å². The van der Waals surface area contributed by atoms with E-state index < -0.39 is 11.0 Å². The monoisotopic (exact) mass is 331 g/mol. The van der Waals surface area contributed by atoms with Crippen LogP contribution >= 0.6 is 0 Å². The van der Waals surface area contributed by atoms with Gasteiger partial charge in [-0.3, -0.25) is 15.1 Å². The van der Waals surface area contributed by atoms with Crippen LogP contribution in [0.2, 0.25) is 0 Å². The molecular formula is C16H17N3O5. The van der Waals surface area contributed by atoms with E-state index in [1.807, 2.05) is 0 Å². The van der Waals surface area contributed by atoms with Crippen molar-refractivity contribution in [1.82, 2.24) is 9.88 Å². The average molecular weight is 331 g/mol. The Morgan fingerprint density at radius 3 is 2.79 bits per heavy atom. The molecule has 0 atom stereocenters. The lowest BCUT2D eigenvalue weighted by atomic mass is 10.1. The number of aromatic nitrogens is 1. The number of rotatable bonds is 4. The molecule has 1 fully saturated rings. The lowest BCUT2D eigenvalue weighted by Crippen LogP contribution is -2.36. The van der Waals surface area contributed by atoms with Gasteiger partial charge in [-0.15, -0.1) is 0 Å². The number of benzene rings is 1. The van der Waals surface area contributed by atoms with Crippen LogP contribution < -0.4 is 4.74 Å². The van der Waals surface area contributed by atoms with Crippen LogP contribution in [-0.2, 0) is 4.74 Å². The maximum Gasteiger partial charge on any atom is 0.412 e. The Bertz CT molecular complexity index is 758. The number of pyridine rings is 1. The molecule has 1 saturated heterocycles. The summed E-state index contributed by atoms with van der Waals surface area (Å²) in [6.45, 7) is 1.13. The molecule has 1 aromatic carbocycles. The summed E-state index contributed by atoms with van der Waals surface area (Å²) in [4.78, 5) is 28.3.